The van der Waals surface area contributed by atoms with Crippen LogP contribution in [0.1, 0.15) is 12.8 Å². The van der Waals surface area contributed by atoms with Crippen molar-refractivity contribution in [1.82, 2.24) is 4.98 Å². The average Bonchev–Trinajstić information content (AvgIpc) is 3.44. The number of halogens is 5. The van der Waals surface area contributed by atoms with Crippen LogP contribution in [0.5, 0.6) is 0 Å². The first-order chi connectivity index (χ1) is 13.9. The molecular weight excluding hydrogens is 651 g/mol. The van der Waals surface area contributed by atoms with Gasteiger partial charge >= 0.3 is 23.1 Å². The van der Waals surface area contributed by atoms with Crippen molar-refractivity contribution in [2.45, 2.75) is 12.8 Å². The van der Waals surface area contributed by atoms with Crippen LogP contribution in [0.2, 0.25) is 10.0 Å². The number of aromatic nitrogens is 1. The van der Waals surface area contributed by atoms with Crippen molar-refractivity contribution in [1.29, 1.82) is 0 Å². The zero-order chi connectivity index (χ0) is 21.8. The molecule has 11 heteroatoms. The van der Waals surface area contributed by atoms with Crippen molar-refractivity contribution in [3.63, 3.8) is 0 Å². The number of aromatic amines is 1. The van der Waals surface area contributed by atoms with Crippen LogP contribution in [0.15, 0.2) is 58.1 Å². The van der Waals surface area contributed by atoms with Crippen LogP contribution in [-0.4, -0.2) is 46.2 Å². The van der Waals surface area contributed by atoms with Crippen LogP contribution in [0.3, 0.4) is 0 Å². The van der Waals surface area contributed by atoms with Crippen LogP contribution in [0, 0.1) is 16.7 Å². The van der Waals surface area contributed by atoms with Crippen molar-refractivity contribution >= 4 is 94.7 Å². The Morgan fingerprint density at radius 1 is 1.03 bits per heavy atom. The van der Waals surface area contributed by atoms with E-state index in [2.05, 4.69) is 50.0 Å². The Kier molecular flexibility index (Phi) is 19.5. The predicted octanol–water partition coefficient (Wildman–Crippen LogP) is 4.62. The van der Waals surface area contributed by atoms with E-state index in [1.54, 1.807) is 12.1 Å². The fourth-order valence-electron chi connectivity index (χ4n) is 2.21. The number of benzene rings is 2. The molecule has 1 aliphatic heterocycles. The molecule has 1 fully saturated rings. The Bertz CT molecular complexity index is 934. The van der Waals surface area contributed by atoms with Crippen LogP contribution in [0.25, 0.3) is 10.9 Å². The summed E-state index contributed by atoms with van der Waals surface area (Å²) >= 11 is 18.0. The van der Waals surface area contributed by atoms with Crippen LogP contribution < -0.4 is 17.0 Å². The van der Waals surface area contributed by atoms with Gasteiger partial charge < -0.3 is 33.3 Å². The average molecular weight is 670 g/mol. The molecule has 3 aromatic rings. The third-order valence-corrected chi connectivity index (χ3v) is 6.14. The zero-order valence-corrected chi connectivity index (χ0v) is 24.1. The molecule has 1 aliphatic rings. The molecule has 2 heterocycles. The number of H-pyrrole nitrogens is 1. The van der Waals surface area contributed by atoms with E-state index >= 15 is 0 Å². The molecule has 0 unspecified atom stereocenters. The molecule has 0 spiro atoms. The number of ether oxygens (including phenoxy) is 1. The summed E-state index contributed by atoms with van der Waals surface area (Å²) in [4.78, 5) is 12.8. The second-order valence-electron chi connectivity index (χ2n) is 5.45. The molecule has 5 nitrogen and oxygen atoms in total. The topological polar surface area (TPSA) is 68.2 Å². The summed E-state index contributed by atoms with van der Waals surface area (Å²) in [5.74, 6) is 0. The van der Waals surface area contributed by atoms with E-state index in [4.69, 9.17) is 27.9 Å². The summed E-state index contributed by atoms with van der Waals surface area (Å²) in [6.45, 7) is 9.00. The Labute approximate surface area is 235 Å². The van der Waals surface area contributed by atoms with Gasteiger partial charge in [-0.1, -0.05) is 35.3 Å². The SMILES string of the molecule is C1CCOC1.Clc1c(Br)ccc2cc[nH]c12.O=[N+]([O-])c1cccc(Br)c1Cl.[Br-].[CH-]=C.[Mg+2]. The Balaban J connectivity index is 0. The molecular formula is C20H19Br3Cl2MgN2O3. The fraction of sp³-hybridized carbons (Fsp3) is 0.200. The molecule has 0 amide bonds. The number of hydrogen-bond donors (Lipinski definition) is 1. The van der Waals surface area contributed by atoms with E-state index in [0.29, 0.717) is 4.47 Å². The van der Waals surface area contributed by atoms with Gasteiger partial charge in [0.2, 0.25) is 0 Å². The normalized spacial score (nSPS) is 11.2. The Morgan fingerprint density at radius 2 is 1.61 bits per heavy atom. The molecule has 1 N–H and O–H groups in total. The molecule has 31 heavy (non-hydrogen) atoms. The van der Waals surface area contributed by atoms with Crippen molar-refractivity contribution in [3.8, 4) is 0 Å². The van der Waals surface area contributed by atoms with Crippen LogP contribution in [0.4, 0.5) is 5.69 Å². The minimum atomic E-state index is -0.521. The molecule has 2 aromatic carbocycles. The molecule has 4 rings (SSSR count). The number of fused-ring (bicyclic) bond motifs is 1. The summed E-state index contributed by atoms with van der Waals surface area (Å²) in [6.07, 6.45) is 4.43. The summed E-state index contributed by atoms with van der Waals surface area (Å²) < 4.78 is 6.41. The van der Waals surface area contributed by atoms with E-state index in [-0.39, 0.29) is 50.7 Å². The van der Waals surface area contributed by atoms with Gasteiger partial charge in [0.15, 0.2) is 0 Å². The van der Waals surface area contributed by atoms with Crippen LogP contribution in [-0.2, 0) is 4.74 Å². The Morgan fingerprint density at radius 3 is 2.10 bits per heavy atom. The number of nitro groups is 1. The molecule has 1 saturated heterocycles. The van der Waals surface area contributed by atoms with Gasteiger partial charge in [-0.15, -0.1) is 0 Å². The summed E-state index contributed by atoms with van der Waals surface area (Å²) in [7, 11) is 0. The standard InChI is InChI=1S/C8H5BrClN.C6H3BrClNO2.C4H8O.C2H3.BrH.Mg/c9-6-2-1-5-3-4-11-8(5)7(6)10;7-4-2-1-3-5(6(4)8)9(10)11;1-2-4-5-3-1;1-2;;/h1-4,11H;1-3H;1-4H2;1H,2H2;1H;/q;;;-1;;+2/p-1. The van der Waals surface area contributed by atoms with Gasteiger partial charge in [0, 0.05) is 39.8 Å². The largest absolute Gasteiger partial charge is 2.00 e. The van der Waals surface area contributed by atoms with Gasteiger partial charge in [-0.2, -0.15) is 0 Å². The van der Waals surface area contributed by atoms with E-state index in [1.807, 2.05) is 24.4 Å². The van der Waals surface area contributed by atoms with E-state index in [0.717, 1.165) is 33.6 Å². The maximum atomic E-state index is 10.3. The smallest absolute Gasteiger partial charge is 1.00 e. The number of rotatable bonds is 1. The first kappa shape index (κ1) is 33.0. The minimum Gasteiger partial charge on any atom is -1.00 e. The van der Waals surface area contributed by atoms with Crippen LogP contribution >= 0.6 is 55.1 Å². The molecule has 0 bridgehead atoms. The number of hydrogen-bond acceptors (Lipinski definition) is 3. The maximum Gasteiger partial charge on any atom is 2.00 e. The molecule has 0 radical (unpaired) electrons. The Hall–Kier alpha value is -0.134. The van der Waals surface area contributed by atoms with Crippen molar-refractivity contribution in [2.24, 2.45) is 0 Å². The van der Waals surface area contributed by atoms with E-state index < -0.39 is 4.92 Å². The van der Waals surface area contributed by atoms with Crippen molar-refractivity contribution in [3.05, 3.63) is 84.9 Å². The second-order valence-corrected chi connectivity index (χ2v) is 7.92. The van der Waals surface area contributed by atoms with E-state index in [1.165, 1.54) is 18.9 Å². The van der Waals surface area contributed by atoms with Gasteiger partial charge in [0.1, 0.15) is 5.02 Å². The predicted molar refractivity (Wildman–Crippen MR) is 133 cm³/mol. The van der Waals surface area contributed by atoms with Gasteiger partial charge in [-0.05, 0) is 62.9 Å². The monoisotopic (exact) mass is 666 g/mol. The van der Waals surface area contributed by atoms with Crippen molar-refractivity contribution < 1.29 is 26.6 Å². The van der Waals surface area contributed by atoms with Crippen molar-refractivity contribution in [2.75, 3.05) is 13.2 Å². The summed E-state index contributed by atoms with van der Waals surface area (Å²) in [5.41, 5.74) is 0.905. The second kappa shape index (κ2) is 18.3. The molecule has 0 saturated carbocycles. The number of nitrogens with one attached hydrogen (secondary N) is 1. The molecule has 1 aromatic heterocycles. The zero-order valence-electron chi connectivity index (χ0n) is 16.4. The quantitative estimate of drug-likeness (QED) is 0.178. The third kappa shape index (κ3) is 11.0. The van der Waals surface area contributed by atoms with Gasteiger partial charge in [-0.3, -0.25) is 16.7 Å². The minimum absolute atomic E-state index is 0. The van der Waals surface area contributed by atoms with Gasteiger partial charge in [0.25, 0.3) is 5.69 Å². The van der Waals surface area contributed by atoms with E-state index in [9.17, 15) is 10.1 Å². The maximum absolute atomic E-state index is 10.3. The van der Waals surface area contributed by atoms with Gasteiger partial charge in [0.05, 0.1) is 15.5 Å². The molecule has 0 aliphatic carbocycles. The molecule has 0 atom stereocenters. The number of nitrogens with zero attached hydrogens (tertiary/aromatic N) is 1. The summed E-state index contributed by atoms with van der Waals surface area (Å²) in [5, 5.41) is 12.3. The van der Waals surface area contributed by atoms with Gasteiger partial charge in [-0.25, -0.2) is 0 Å². The third-order valence-electron chi connectivity index (χ3n) is 3.57. The summed E-state index contributed by atoms with van der Waals surface area (Å²) in [6, 6.07) is 10.5. The fourth-order valence-corrected chi connectivity index (χ4v) is 3.32. The first-order valence-corrected chi connectivity index (χ1v) is 10.7. The molecule has 164 valence electrons. The number of nitro benzene ring substituents is 1. The first-order valence-electron chi connectivity index (χ1n) is 8.40.